The average molecular weight is 730 g/mol. The predicted octanol–water partition coefficient (Wildman–Crippen LogP) is 7.44. The fourth-order valence-electron chi connectivity index (χ4n) is 6.23. The van der Waals surface area contributed by atoms with E-state index < -0.39 is 71.4 Å². The first-order valence-corrected chi connectivity index (χ1v) is 16.0. The smallest absolute Gasteiger partial charge is 0.343 e. The van der Waals surface area contributed by atoms with Gasteiger partial charge in [0.1, 0.15) is 34.3 Å². The molecule has 1 unspecified atom stereocenters. The SMILES string of the molecule is CNc1nn(C)c2c(-c3ccc(C#CC(C)(C)O)nc3C(Cc3cc(F)cc(F)c3)NC(=O)n3nc(C(F)F)c4c3C(F)(F)CC4)ccc(Cl)c12. The summed E-state index contributed by atoms with van der Waals surface area (Å²) >= 11 is 6.59. The zero-order chi connectivity index (χ0) is 37.0. The maximum absolute atomic E-state index is 15.1. The minimum absolute atomic E-state index is 0.0436. The van der Waals surface area contributed by atoms with Crippen LogP contribution in [-0.4, -0.2) is 48.3 Å². The van der Waals surface area contributed by atoms with Crippen LogP contribution in [0.1, 0.15) is 66.6 Å². The number of benzene rings is 2. The van der Waals surface area contributed by atoms with E-state index in [1.165, 1.54) is 13.8 Å². The third-order valence-corrected chi connectivity index (χ3v) is 8.64. The molecule has 0 aliphatic heterocycles. The van der Waals surface area contributed by atoms with Gasteiger partial charge in [0.05, 0.1) is 27.7 Å². The first-order chi connectivity index (χ1) is 24.0. The van der Waals surface area contributed by atoms with E-state index in [1.54, 1.807) is 43.0 Å². The largest absolute Gasteiger partial charge is 0.378 e. The van der Waals surface area contributed by atoms with Crippen LogP contribution in [0.4, 0.5) is 37.0 Å². The second kappa shape index (κ2) is 13.2. The normalized spacial score (nSPS) is 14.4. The average Bonchev–Trinajstić information content (AvgIpc) is 3.71. The summed E-state index contributed by atoms with van der Waals surface area (Å²) in [4.78, 5) is 18.6. The third kappa shape index (κ3) is 6.98. The van der Waals surface area contributed by atoms with Crippen LogP contribution in [0.3, 0.4) is 0 Å². The molecule has 3 heterocycles. The van der Waals surface area contributed by atoms with Crippen LogP contribution in [0.2, 0.25) is 5.02 Å². The Bertz CT molecular complexity index is 2230. The fraction of sp³-hybridized carbons (Fsp3) is 0.314. The van der Waals surface area contributed by atoms with E-state index in [-0.39, 0.29) is 28.1 Å². The Balaban J connectivity index is 1.59. The quantitative estimate of drug-likeness (QED) is 0.119. The van der Waals surface area contributed by atoms with Crippen LogP contribution in [0.5, 0.6) is 0 Å². The van der Waals surface area contributed by atoms with E-state index in [1.807, 2.05) is 0 Å². The molecule has 16 heteroatoms. The summed E-state index contributed by atoms with van der Waals surface area (Å²) in [6.07, 6.45) is -4.80. The summed E-state index contributed by atoms with van der Waals surface area (Å²) in [6, 6.07) is 6.49. The highest BCUT2D eigenvalue weighted by Crippen LogP contribution is 2.45. The molecule has 2 aromatic carbocycles. The lowest BCUT2D eigenvalue weighted by molar-refractivity contribution is -0.00911. The number of nitrogens with one attached hydrogen (secondary N) is 2. The van der Waals surface area contributed by atoms with Crippen LogP contribution in [0.25, 0.3) is 22.0 Å². The van der Waals surface area contributed by atoms with Crippen molar-refractivity contribution in [1.82, 2.24) is 29.9 Å². The number of aliphatic hydroxyl groups is 1. The molecule has 0 fully saturated rings. The van der Waals surface area contributed by atoms with Gasteiger partial charge in [-0.1, -0.05) is 23.6 Å². The van der Waals surface area contributed by atoms with Crippen molar-refractivity contribution >= 4 is 34.4 Å². The topological polar surface area (TPSA) is 110 Å². The number of amides is 1. The molecule has 0 spiro atoms. The fourth-order valence-corrected chi connectivity index (χ4v) is 6.47. The number of hydrogen-bond acceptors (Lipinski definition) is 6. The number of fused-ring (bicyclic) bond motifs is 2. The van der Waals surface area contributed by atoms with Gasteiger partial charge in [-0.15, -0.1) is 0 Å². The second-order valence-corrected chi connectivity index (χ2v) is 13.0. The Morgan fingerprint density at radius 1 is 1.08 bits per heavy atom. The Morgan fingerprint density at radius 2 is 1.76 bits per heavy atom. The minimum Gasteiger partial charge on any atom is -0.378 e. The van der Waals surface area contributed by atoms with Crippen molar-refractivity contribution < 1.29 is 36.2 Å². The van der Waals surface area contributed by atoms with Crippen LogP contribution < -0.4 is 10.6 Å². The van der Waals surface area contributed by atoms with Crippen LogP contribution in [0, 0.1) is 23.5 Å². The van der Waals surface area contributed by atoms with E-state index >= 15 is 8.78 Å². The molecule has 0 saturated carbocycles. The van der Waals surface area contributed by atoms with Gasteiger partial charge in [-0.2, -0.15) is 23.7 Å². The molecule has 6 rings (SSSR count). The van der Waals surface area contributed by atoms with Crippen molar-refractivity contribution in [2.45, 2.75) is 57.1 Å². The Kier molecular flexibility index (Phi) is 9.28. The number of halogens is 7. The number of hydrogen-bond donors (Lipinski definition) is 3. The van der Waals surface area contributed by atoms with Crippen LogP contribution in [-0.2, 0) is 25.8 Å². The molecular weight excluding hydrogens is 700 g/mol. The Labute approximate surface area is 292 Å². The molecule has 3 N–H and O–H groups in total. The molecule has 1 aliphatic rings. The first-order valence-electron chi connectivity index (χ1n) is 15.6. The lowest BCUT2D eigenvalue weighted by Gasteiger charge is -2.23. The molecule has 0 saturated heterocycles. The number of anilines is 1. The van der Waals surface area contributed by atoms with Crippen molar-refractivity contribution in [2.75, 3.05) is 12.4 Å². The summed E-state index contributed by atoms with van der Waals surface area (Å²) < 4.78 is 88.6. The van der Waals surface area contributed by atoms with Gasteiger partial charge in [0.15, 0.2) is 5.82 Å². The Morgan fingerprint density at radius 3 is 2.41 bits per heavy atom. The highest BCUT2D eigenvalue weighted by Gasteiger charge is 2.47. The van der Waals surface area contributed by atoms with Crippen LogP contribution >= 0.6 is 11.6 Å². The zero-order valence-electron chi connectivity index (χ0n) is 27.6. The van der Waals surface area contributed by atoms with Crippen molar-refractivity contribution in [3.8, 4) is 23.0 Å². The van der Waals surface area contributed by atoms with E-state index in [0.717, 1.165) is 12.1 Å². The predicted molar refractivity (Wildman–Crippen MR) is 178 cm³/mol. The molecule has 5 aromatic rings. The van der Waals surface area contributed by atoms with Gasteiger partial charge >= 0.3 is 6.03 Å². The van der Waals surface area contributed by atoms with Gasteiger partial charge in [-0.3, -0.25) is 4.68 Å². The molecule has 266 valence electrons. The van der Waals surface area contributed by atoms with Gasteiger partial charge in [-0.05, 0) is 68.5 Å². The maximum atomic E-state index is 15.1. The molecule has 3 aromatic heterocycles. The number of rotatable bonds is 7. The molecule has 1 aliphatic carbocycles. The van der Waals surface area contributed by atoms with E-state index in [0.29, 0.717) is 38.9 Å². The Hall–Kier alpha value is -5.07. The number of aromatic nitrogens is 5. The number of nitrogens with zero attached hydrogens (tertiary/aromatic N) is 5. The number of pyridine rings is 1. The zero-order valence-corrected chi connectivity index (χ0v) is 28.3. The van der Waals surface area contributed by atoms with Gasteiger partial charge in [-0.25, -0.2) is 27.3 Å². The summed E-state index contributed by atoms with van der Waals surface area (Å²) in [5.41, 5.74) is -2.18. The van der Waals surface area contributed by atoms with Gasteiger partial charge in [0, 0.05) is 43.3 Å². The minimum atomic E-state index is -3.64. The van der Waals surface area contributed by atoms with Crippen LogP contribution in [0.15, 0.2) is 42.5 Å². The standard InChI is InChI=1S/C35H30ClF6N7O2/c1-34(2,51)11-9-20-5-6-21(22-7-8-24(36)26-29(22)48(4)47-32(26)43-3)27(44-20)25(15-17-13-18(37)16-19(38)14-17)45-33(50)49-30-23(10-12-35(30,41)42)28(46-49)31(39)40/h5-8,13-14,16,25,31,51H,10,12,15H2,1-4H3,(H,43,47)(H,45,50). The lowest BCUT2D eigenvalue weighted by atomic mass is 9.93. The number of aryl methyl sites for hydroxylation is 1. The highest BCUT2D eigenvalue weighted by atomic mass is 35.5. The van der Waals surface area contributed by atoms with Gasteiger partial charge < -0.3 is 15.7 Å². The summed E-state index contributed by atoms with van der Waals surface area (Å²) in [6.45, 7) is 2.91. The molecule has 1 amide bonds. The maximum Gasteiger partial charge on any atom is 0.343 e. The summed E-state index contributed by atoms with van der Waals surface area (Å²) in [5.74, 6) is 0.383. The van der Waals surface area contributed by atoms with Crippen molar-refractivity contribution in [3.05, 3.63) is 93.0 Å². The third-order valence-electron chi connectivity index (χ3n) is 8.32. The van der Waals surface area contributed by atoms with Crippen molar-refractivity contribution in [3.63, 3.8) is 0 Å². The first kappa shape index (κ1) is 35.7. The second-order valence-electron chi connectivity index (χ2n) is 12.6. The molecule has 0 radical (unpaired) electrons. The number of carbonyl (C=O) groups is 1. The van der Waals surface area contributed by atoms with E-state index in [2.05, 4.69) is 32.7 Å². The molecule has 9 nitrogen and oxygen atoms in total. The highest BCUT2D eigenvalue weighted by molar-refractivity contribution is 6.37. The molecule has 51 heavy (non-hydrogen) atoms. The van der Waals surface area contributed by atoms with Gasteiger partial charge in [0.25, 0.3) is 12.3 Å². The summed E-state index contributed by atoms with van der Waals surface area (Å²) in [5, 5.41) is 24.8. The van der Waals surface area contributed by atoms with Gasteiger partial charge in [0.2, 0.25) is 0 Å². The number of carbonyl (C=O) groups excluding carboxylic acids is 1. The molecular formula is C35H30ClF6N7O2. The monoisotopic (exact) mass is 729 g/mol. The summed E-state index contributed by atoms with van der Waals surface area (Å²) in [7, 11) is 3.33. The number of alkyl halides is 4. The lowest BCUT2D eigenvalue weighted by Crippen LogP contribution is -2.37. The molecule has 1 atom stereocenters. The van der Waals surface area contributed by atoms with E-state index in [4.69, 9.17) is 16.6 Å². The van der Waals surface area contributed by atoms with Crippen molar-refractivity contribution in [1.29, 1.82) is 0 Å². The molecule has 0 bridgehead atoms. The van der Waals surface area contributed by atoms with E-state index in [9.17, 15) is 27.5 Å². The van der Waals surface area contributed by atoms with Crippen molar-refractivity contribution in [2.24, 2.45) is 7.05 Å².